The summed E-state index contributed by atoms with van der Waals surface area (Å²) in [6, 6.07) is 9.29. The Morgan fingerprint density at radius 3 is 2.71 bits per heavy atom. The molecule has 2 N–H and O–H groups in total. The number of carbonyl (C=O) groups is 1. The maximum Gasteiger partial charge on any atom is 0.220 e. The molecule has 1 aromatic rings. The van der Waals surface area contributed by atoms with Crippen LogP contribution in [-0.4, -0.2) is 62.3 Å². The van der Waals surface area contributed by atoms with Crippen molar-refractivity contribution in [1.29, 1.82) is 0 Å². The molecule has 3 aliphatic rings. The Bertz CT molecular complexity index is 636. The van der Waals surface area contributed by atoms with Crippen molar-refractivity contribution in [3.05, 3.63) is 29.8 Å². The Hall–Kier alpha value is -1.63. The van der Waals surface area contributed by atoms with Gasteiger partial charge in [0.15, 0.2) is 0 Å². The molecule has 3 heterocycles. The SMILES string of the molecule is O=C(CC1CC2CCC(C1)N2)NCc1ccccc1OCCN1CCOCC1. The molecule has 6 heteroatoms. The first kappa shape index (κ1) is 19.7. The fourth-order valence-electron chi connectivity index (χ4n) is 4.77. The van der Waals surface area contributed by atoms with Crippen molar-refractivity contribution in [2.24, 2.45) is 5.92 Å². The molecule has 3 fully saturated rings. The monoisotopic (exact) mass is 387 g/mol. The van der Waals surface area contributed by atoms with Crippen LogP contribution >= 0.6 is 0 Å². The van der Waals surface area contributed by atoms with Gasteiger partial charge in [-0.3, -0.25) is 9.69 Å². The second-order valence-electron chi connectivity index (χ2n) is 8.37. The Labute approximate surface area is 168 Å². The van der Waals surface area contributed by atoms with Crippen molar-refractivity contribution >= 4 is 5.91 Å². The summed E-state index contributed by atoms with van der Waals surface area (Å²) in [6.07, 6.45) is 5.49. The number of hydrogen-bond donors (Lipinski definition) is 2. The second-order valence-corrected chi connectivity index (χ2v) is 8.37. The first-order valence-corrected chi connectivity index (χ1v) is 10.8. The molecule has 3 saturated heterocycles. The van der Waals surface area contributed by atoms with Gasteiger partial charge in [-0.2, -0.15) is 0 Å². The number of nitrogens with zero attached hydrogens (tertiary/aromatic N) is 1. The highest BCUT2D eigenvalue weighted by Gasteiger charge is 2.34. The molecule has 2 atom stereocenters. The zero-order valence-electron chi connectivity index (χ0n) is 16.7. The van der Waals surface area contributed by atoms with Crippen molar-refractivity contribution < 1.29 is 14.3 Å². The summed E-state index contributed by atoms with van der Waals surface area (Å²) >= 11 is 0. The fourth-order valence-corrected chi connectivity index (χ4v) is 4.77. The van der Waals surface area contributed by atoms with Gasteiger partial charge < -0.3 is 20.1 Å². The van der Waals surface area contributed by atoms with E-state index in [2.05, 4.69) is 15.5 Å². The van der Waals surface area contributed by atoms with E-state index in [1.54, 1.807) is 0 Å². The van der Waals surface area contributed by atoms with E-state index in [0.717, 1.165) is 57.0 Å². The Kier molecular flexibility index (Phi) is 6.83. The molecule has 1 amide bonds. The third kappa shape index (κ3) is 5.46. The molecule has 6 nitrogen and oxygen atoms in total. The van der Waals surface area contributed by atoms with Gasteiger partial charge in [-0.05, 0) is 37.7 Å². The number of morpholine rings is 1. The summed E-state index contributed by atoms with van der Waals surface area (Å²) in [6.45, 7) is 5.65. The quantitative estimate of drug-likeness (QED) is 0.714. The molecule has 0 aliphatic carbocycles. The minimum Gasteiger partial charge on any atom is -0.492 e. The highest BCUT2D eigenvalue weighted by Crippen LogP contribution is 2.32. The molecule has 2 unspecified atom stereocenters. The van der Waals surface area contributed by atoms with E-state index in [-0.39, 0.29) is 5.91 Å². The van der Waals surface area contributed by atoms with Gasteiger partial charge in [-0.15, -0.1) is 0 Å². The van der Waals surface area contributed by atoms with Crippen LogP contribution in [0.4, 0.5) is 0 Å². The maximum absolute atomic E-state index is 12.5. The number of amides is 1. The summed E-state index contributed by atoms with van der Waals surface area (Å²) < 4.78 is 11.4. The third-order valence-electron chi connectivity index (χ3n) is 6.26. The Morgan fingerprint density at radius 2 is 1.93 bits per heavy atom. The number of piperidine rings is 1. The fraction of sp³-hybridized carbons (Fsp3) is 0.682. The minimum atomic E-state index is 0.161. The number of benzene rings is 1. The molecular formula is C22H33N3O3. The zero-order valence-corrected chi connectivity index (χ0v) is 16.7. The summed E-state index contributed by atoms with van der Waals surface area (Å²) in [5.41, 5.74) is 1.04. The molecule has 1 aromatic carbocycles. The van der Waals surface area contributed by atoms with Crippen LogP contribution in [0.2, 0.25) is 0 Å². The predicted octanol–water partition coefficient (Wildman–Crippen LogP) is 1.93. The first-order valence-electron chi connectivity index (χ1n) is 10.8. The van der Waals surface area contributed by atoms with Gasteiger partial charge in [0.1, 0.15) is 12.4 Å². The van der Waals surface area contributed by atoms with Gasteiger partial charge in [-0.1, -0.05) is 18.2 Å². The van der Waals surface area contributed by atoms with Crippen molar-refractivity contribution in [3.63, 3.8) is 0 Å². The van der Waals surface area contributed by atoms with E-state index in [1.807, 2.05) is 24.3 Å². The van der Waals surface area contributed by atoms with E-state index in [1.165, 1.54) is 12.8 Å². The summed E-state index contributed by atoms with van der Waals surface area (Å²) in [4.78, 5) is 14.8. The minimum absolute atomic E-state index is 0.161. The maximum atomic E-state index is 12.5. The largest absolute Gasteiger partial charge is 0.492 e. The normalized spacial score (nSPS) is 27.5. The molecule has 0 spiro atoms. The van der Waals surface area contributed by atoms with Crippen LogP contribution in [0.3, 0.4) is 0 Å². The van der Waals surface area contributed by atoms with Gasteiger partial charge >= 0.3 is 0 Å². The van der Waals surface area contributed by atoms with Gasteiger partial charge in [0.2, 0.25) is 5.91 Å². The van der Waals surface area contributed by atoms with Crippen molar-refractivity contribution in [2.75, 3.05) is 39.5 Å². The highest BCUT2D eigenvalue weighted by molar-refractivity contribution is 5.76. The average molecular weight is 388 g/mol. The average Bonchev–Trinajstić information content (AvgIpc) is 3.06. The molecule has 0 radical (unpaired) electrons. The number of hydrogen-bond acceptors (Lipinski definition) is 5. The lowest BCUT2D eigenvalue weighted by molar-refractivity contribution is -0.122. The summed E-state index contributed by atoms with van der Waals surface area (Å²) in [7, 11) is 0. The number of ether oxygens (including phenoxy) is 2. The van der Waals surface area contributed by atoms with E-state index in [0.29, 0.717) is 37.6 Å². The van der Waals surface area contributed by atoms with Gasteiger partial charge in [0.25, 0.3) is 0 Å². The molecule has 28 heavy (non-hydrogen) atoms. The smallest absolute Gasteiger partial charge is 0.220 e. The molecule has 2 bridgehead atoms. The zero-order chi connectivity index (χ0) is 19.2. The van der Waals surface area contributed by atoms with Gasteiger partial charge in [0.05, 0.1) is 13.2 Å². The number of para-hydroxylation sites is 1. The Morgan fingerprint density at radius 1 is 1.18 bits per heavy atom. The van der Waals surface area contributed by atoms with Crippen LogP contribution in [0.1, 0.15) is 37.7 Å². The summed E-state index contributed by atoms with van der Waals surface area (Å²) in [5.74, 6) is 1.56. The number of carbonyl (C=O) groups excluding carboxylic acids is 1. The molecule has 3 aliphatic heterocycles. The van der Waals surface area contributed by atoms with Crippen LogP contribution in [0.5, 0.6) is 5.75 Å². The lowest BCUT2D eigenvalue weighted by atomic mass is 9.89. The number of rotatable bonds is 8. The molecule has 0 saturated carbocycles. The van der Waals surface area contributed by atoms with Crippen LogP contribution < -0.4 is 15.4 Å². The third-order valence-corrected chi connectivity index (χ3v) is 6.26. The predicted molar refractivity (Wildman–Crippen MR) is 108 cm³/mol. The van der Waals surface area contributed by atoms with Crippen molar-refractivity contribution in [2.45, 2.75) is 50.7 Å². The van der Waals surface area contributed by atoms with Crippen molar-refractivity contribution in [3.8, 4) is 5.75 Å². The highest BCUT2D eigenvalue weighted by atomic mass is 16.5. The standard InChI is InChI=1S/C22H33N3O3/c26-22(15-17-13-19-5-6-20(14-17)24-19)23-16-18-3-1-2-4-21(18)28-12-9-25-7-10-27-11-8-25/h1-4,17,19-20,24H,5-16H2,(H,23,26). The van der Waals surface area contributed by atoms with E-state index < -0.39 is 0 Å². The van der Waals surface area contributed by atoms with Crippen LogP contribution in [0.25, 0.3) is 0 Å². The van der Waals surface area contributed by atoms with Crippen LogP contribution in [-0.2, 0) is 16.1 Å². The second kappa shape index (κ2) is 9.72. The first-order chi connectivity index (χ1) is 13.8. The van der Waals surface area contributed by atoms with Gasteiger partial charge in [0, 0.05) is 50.2 Å². The molecule has 4 rings (SSSR count). The van der Waals surface area contributed by atoms with E-state index in [9.17, 15) is 4.79 Å². The molecule has 154 valence electrons. The number of fused-ring (bicyclic) bond motifs is 2. The van der Waals surface area contributed by atoms with Crippen LogP contribution in [0, 0.1) is 5.92 Å². The lowest BCUT2D eigenvalue weighted by Crippen LogP contribution is -2.39. The van der Waals surface area contributed by atoms with E-state index >= 15 is 0 Å². The Balaban J connectivity index is 1.21. The summed E-state index contributed by atoms with van der Waals surface area (Å²) in [5, 5.41) is 6.75. The van der Waals surface area contributed by atoms with Crippen LogP contribution in [0.15, 0.2) is 24.3 Å². The van der Waals surface area contributed by atoms with E-state index in [4.69, 9.17) is 9.47 Å². The molecule has 0 aromatic heterocycles. The lowest BCUT2D eigenvalue weighted by Gasteiger charge is -2.28. The topological polar surface area (TPSA) is 62.8 Å². The van der Waals surface area contributed by atoms with Gasteiger partial charge in [-0.25, -0.2) is 0 Å². The van der Waals surface area contributed by atoms with Crippen molar-refractivity contribution in [1.82, 2.24) is 15.5 Å². The number of nitrogens with one attached hydrogen (secondary N) is 2. The molecular weight excluding hydrogens is 354 g/mol.